The highest BCUT2D eigenvalue weighted by atomic mass is 16.6. The third kappa shape index (κ3) is 5.14. The average Bonchev–Trinajstić information content (AvgIpc) is 3.21. The molecule has 4 rings (SSSR count). The van der Waals surface area contributed by atoms with Crippen LogP contribution in [-0.2, 0) is 28.6 Å². The molecule has 0 radical (unpaired) electrons. The number of esters is 3. The van der Waals surface area contributed by atoms with Gasteiger partial charge in [-0.15, -0.1) is 0 Å². The lowest BCUT2D eigenvalue weighted by Crippen LogP contribution is -2.77. The Morgan fingerprint density at radius 1 is 0.952 bits per heavy atom. The van der Waals surface area contributed by atoms with Crippen LogP contribution < -0.4 is 0 Å². The lowest BCUT2D eigenvalue weighted by atomic mass is 9.42. The Bertz CT molecular complexity index is 1140. The van der Waals surface area contributed by atoms with Crippen LogP contribution in [0.2, 0.25) is 0 Å². The summed E-state index contributed by atoms with van der Waals surface area (Å²) in [5.74, 6) is -0.397. The maximum Gasteiger partial charge on any atom is 0.303 e. The molecule has 0 aliphatic heterocycles. The molecule has 3 saturated carbocycles. The highest BCUT2D eigenvalue weighted by Gasteiger charge is 2.75. The van der Waals surface area contributed by atoms with E-state index in [0.29, 0.717) is 36.2 Å². The summed E-state index contributed by atoms with van der Waals surface area (Å²) >= 11 is 0. The van der Waals surface area contributed by atoms with Gasteiger partial charge in [-0.1, -0.05) is 46.8 Å². The van der Waals surface area contributed by atoms with Crippen LogP contribution in [0.4, 0.5) is 0 Å². The van der Waals surface area contributed by atoms with Crippen molar-refractivity contribution in [1.82, 2.24) is 0 Å². The third-order valence-electron chi connectivity index (χ3n) is 11.8. The molecule has 0 spiro atoms. The number of rotatable bonds is 8. The van der Waals surface area contributed by atoms with E-state index in [9.17, 15) is 24.6 Å². The summed E-state index contributed by atoms with van der Waals surface area (Å²) in [5.41, 5.74) is -3.04. The molecule has 10 atom stereocenters. The number of hydrogen-bond donors (Lipinski definition) is 2. The van der Waals surface area contributed by atoms with Gasteiger partial charge in [-0.25, -0.2) is 0 Å². The number of ether oxygens (including phenoxy) is 3. The SMILES string of the molecule is C=C(CC[C@@H](C)[C@H]1CC[C@H]2C3=C[C@@H](OC(C)=O)[C@@]4(O)C[C@@H](OC(C)=O)CC[C@]4(C)[C@@]3(O)[C@H](OC(C)=O)C[C@]12C)C(C)C. The van der Waals surface area contributed by atoms with Crippen molar-refractivity contribution >= 4 is 17.9 Å². The fourth-order valence-electron chi connectivity index (χ4n) is 9.39. The molecule has 3 fully saturated rings. The van der Waals surface area contributed by atoms with Crippen molar-refractivity contribution in [2.45, 2.75) is 136 Å². The Hall–Kier alpha value is -2.19. The summed E-state index contributed by atoms with van der Waals surface area (Å²) in [5, 5.41) is 25.5. The predicted octanol–water partition coefficient (Wildman–Crippen LogP) is 5.44. The monoisotopic (exact) mass is 588 g/mol. The zero-order valence-electron chi connectivity index (χ0n) is 26.8. The Kier molecular flexibility index (Phi) is 8.87. The van der Waals surface area contributed by atoms with E-state index in [1.165, 1.54) is 26.3 Å². The van der Waals surface area contributed by atoms with Crippen LogP contribution in [0.15, 0.2) is 23.8 Å². The van der Waals surface area contributed by atoms with Gasteiger partial charge in [0.25, 0.3) is 0 Å². The molecule has 0 amide bonds. The zero-order valence-corrected chi connectivity index (χ0v) is 26.8. The third-order valence-corrected chi connectivity index (χ3v) is 11.8. The molecule has 0 aromatic heterocycles. The number of carbonyl (C=O) groups excluding carboxylic acids is 3. The summed E-state index contributed by atoms with van der Waals surface area (Å²) in [6.07, 6.45) is 4.10. The normalized spacial score (nSPS) is 41.5. The minimum absolute atomic E-state index is 0.0127. The number of aliphatic hydroxyl groups is 2. The van der Waals surface area contributed by atoms with Crippen molar-refractivity contribution < 1.29 is 38.8 Å². The van der Waals surface area contributed by atoms with E-state index in [4.69, 9.17) is 14.2 Å². The van der Waals surface area contributed by atoms with Gasteiger partial charge in [0.15, 0.2) is 0 Å². The Morgan fingerprint density at radius 3 is 2.14 bits per heavy atom. The van der Waals surface area contributed by atoms with E-state index in [2.05, 4.69) is 34.3 Å². The molecule has 4 aliphatic carbocycles. The van der Waals surface area contributed by atoms with Crippen LogP contribution in [0.3, 0.4) is 0 Å². The summed E-state index contributed by atoms with van der Waals surface area (Å²) in [4.78, 5) is 36.7. The molecule has 0 heterocycles. The summed E-state index contributed by atoms with van der Waals surface area (Å²) in [7, 11) is 0. The summed E-state index contributed by atoms with van der Waals surface area (Å²) in [6, 6.07) is 0. The van der Waals surface area contributed by atoms with Crippen molar-refractivity contribution in [1.29, 1.82) is 0 Å². The first-order valence-electron chi connectivity index (χ1n) is 15.8. The molecular weight excluding hydrogens is 536 g/mol. The van der Waals surface area contributed by atoms with Gasteiger partial charge >= 0.3 is 17.9 Å². The minimum Gasteiger partial charge on any atom is -0.462 e. The van der Waals surface area contributed by atoms with Crippen molar-refractivity contribution in [3.05, 3.63) is 23.8 Å². The van der Waals surface area contributed by atoms with Crippen LogP contribution in [0, 0.1) is 34.5 Å². The van der Waals surface area contributed by atoms with Crippen LogP contribution in [0.1, 0.15) is 107 Å². The highest BCUT2D eigenvalue weighted by Crippen LogP contribution is 2.70. The molecule has 236 valence electrons. The quantitative estimate of drug-likeness (QED) is 0.219. The first-order valence-corrected chi connectivity index (χ1v) is 15.8. The lowest BCUT2D eigenvalue weighted by molar-refractivity contribution is -0.287. The average molecular weight is 589 g/mol. The second-order valence-electron chi connectivity index (χ2n) is 14.5. The van der Waals surface area contributed by atoms with Gasteiger partial charge in [0, 0.05) is 32.6 Å². The molecule has 0 aromatic carbocycles. The van der Waals surface area contributed by atoms with Crippen LogP contribution >= 0.6 is 0 Å². The van der Waals surface area contributed by atoms with Gasteiger partial charge in [-0.05, 0) is 85.7 Å². The van der Waals surface area contributed by atoms with Gasteiger partial charge in [-0.3, -0.25) is 14.4 Å². The smallest absolute Gasteiger partial charge is 0.303 e. The Balaban J connectivity index is 1.82. The van der Waals surface area contributed by atoms with Gasteiger partial charge in [0.1, 0.15) is 29.5 Å². The fraction of sp³-hybridized carbons (Fsp3) is 0.794. The van der Waals surface area contributed by atoms with Gasteiger partial charge in [0.05, 0.1) is 0 Å². The number of carbonyl (C=O) groups is 3. The van der Waals surface area contributed by atoms with Crippen molar-refractivity contribution in [2.24, 2.45) is 34.5 Å². The number of hydrogen-bond acceptors (Lipinski definition) is 8. The topological polar surface area (TPSA) is 119 Å². The molecule has 4 aliphatic rings. The molecule has 0 saturated heterocycles. The lowest BCUT2D eigenvalue weighted by Gasteiger charge is -2.67. The molecule has 0 unspecified atom stereocenters. The summed E-state index contributed by atoms with van der Waals surface area (Å²) in [6.45, 7) is 18.9. The maximum absolute atomic E-state index is 13.0. The van der Waals surface area contributed by atoms with Crippen LogP contribution in [0.25, 0.3) is 0 Å². The highest BCUT2D eigenvalue weighted by molar-refractivity contribution is 5.68. The van der Waals surface area contributed by atoms with Gasteiger partial charge < -0.3 is 24.4 Å². The molecule has 2 N–H and O–H groups in total. The van der Waals surface area contributed by atoms with E-state index in [1.807, 2.05) is 6.92 Å². The minimum atomic E-state index is -1.76. The Labute approximate surface area is 251 Å². The van der Waals surface area contributed by atoms with Crippen LogP contribution in [-0.4, -0.2) is 57.6 Å². The standard InChI is InChI=1S/C34H52O8/c1-19(2)20(3)10-11-21(4)26-12-13-27-28-16-29(41-23(6)36)33(38)17-25(40-22(5)35)14-15-32(33,9)34(28,39)30(42-24(7)37)18-31(26,27)8/h16,19,21,25-27,29-30,38-39H,3,10-15,17-18H2,1-2,4-9H3/t21-,25+,26-,27+,29-,30-,31-,32+,33+,34+/m1/s1. The van der Waals surface area contributed by atoms with Gasteiger partial charge in [-0.2, -0.15) is 0 Å². The number of allylic oxidation sites excluding steroid dienone is 1. The molecule has 0 aromatic rings. The van der Waals surface area contributed by atoms with Gasteiger partial charge in [0.2, 0.25) is 0 Å². The fourth-order valence-corrected chi connectivity index (χ4v) is 9.39. The second kappa shape index (κ2) is 11.4. The zero-order chi connectivity index (χ0) is 31.4. The molecular formula is C34H52O8. The Morgan fingerprint density at radius 2 is 1.57 bits per heavy atom. The molecule has 8 heteroatoms. The van der Waals surface area contributed by atoms with E-state index in [-0.39, 0.29) is 24.2 Å². The van der Waals surface area contributed by atoms with Crippen LogP contribution in [0.5, 0.6) is 0 Å². The number of fused-ring (bicyclic) bond motifs is 5. The molecule has 0 bridgehead atoms. The van der Waals surface area contributed by atoms with Crippen molar-refractivity contribution in [3.63, 3.8) is 0 Å². The first-order chi connectivity index (χ1) is 19.4. The van der Waals surface area contributed by atoms with E-state index in [1.54, 1.807) is 6.08 Å². The van der Waals surface area contributed by atoms with Crippen molar-refractivity contribution in [2.75, 3.05) is 0 Å². The predicted molar refractivity (Wildman–Crippen MR) is 158 cm³/mol. The maximum atomic E-state index is 13.0. The van der Waals surface area contributed by atoms with Crippen molar-refractivity contribution in [3.8, 4) is 0 Å². The molecule has 8 nitrogen and oxygen atoms in total. The molecule has 42 heavy (non-hydrogen) atoms. The second-order valence-corrected chi connectivity index (χ2v) is 14.5. The van der Waals surface area contributed by atoms with E-state index >= 15 is 0 Å². The van der Waals surface area contributed by atoms with E-state index in [0.717, 1.165) is 25.7 Å². The first kappa shape index (κ1) is 32.7. The largest absolute Gasteiger partial charge is 0.462 e. The van der Waals surface area contributed by atoms with E-state index < -0.39 is 52.8 Å². The summed E-state index contributed by atoms with van der Waals surface area (Å²) < 4.78 is 17.3.